The Labute approximate surface area is 161 Å². The summed E-state index contributed by atoms with van der Waals surface area (Å²) in [4.78, 5) is 14.7. The van der Waals surface area contributed by atoms with Gasteiger partial charge in [0, 0.05) is 0 Å². The van der Waals surface area contributed by atoms with Crippen molar-refractivity contribution in [3.8, 4) is 0 Å². The first kappa shape index (κ1) is 18.7. The first-order valence-corrected chi connectivity index (χ1v) is 9.46. The summed E-state index contributed by atoms with van der Waals surface area (Å²) in [6.07, 6.45) is 0. The number of thiol groups is 1. The predicted molar refractivity (Wildman–Crippen MR) is 112 cm³/mol. The van der Waals surface area contributed by atoms with Crippen molar-refractivity contribution < 1.29 is 9.37 Å². The minimum atomic E-state index is -0.193. The van der Waals surface area contributed by atoms with E-state index in [2.05, 4.69) is 87.9 Å². The first-order chi connectivity index (χ1) is 12.2. The van der Waals surface area contributed by atoms with E-state index in [1.807, 2.05) is 0 Å². The highest BCUT2D eigenvalue weighted by atomic mass is 32.1. The normalized spacial score (nSPS) is 14.3. The molecule has 0 unspecified atom stereocenters. The third-order valence-electron chi connectivity index (χ3n) is 5.06. The van der Waals surface area contributed by atoms with E-state index < -0.39 is 0 Å². The van der Waals surface area contributed by atoms with E-state index in [0.717, 1.165) is 24.5 Å². The second-order valence-corrected chi connectivity index (χ2v) is 7.83. The van der Waals surface area contributed by atoms with Crippen molar-refractivity contribution in [3.05, 3.63) is 57.6 Å². The zero-order valence-corrected chi connectivity index (χ0v) is 17.4. The molecule has 0 saturated heterocycles. The molecule has 0 atom stereocenters. The van der Waals surface area contributed by atoms with Crippen molar-refractivity contribution in [1.82, 2.24) is 0 Å². The average molecular weight is 368 g/mol. The smallest absolute Gasteiger partial charge is 0.273 e. The fourth-order valence-electron chi connectivity index (χ4n) is 4.42. The monoisotopic (exact) mass is 367 g/mol. The molecule has 0 fully saturated rings. The summed E-state index contributed by atoms with van der Waals surface area (Å²) >= 11 is 4.23. The fourth-order valence-corrected chi connectivity index (χ4v) is 4.66. The summed E-state index contributed by atoms with van der Waals surface area (Å²) in [5.41, 5.74) is 9.48. The van der Waals surface area contributed by atoms with Gasteiger partial charge < -0.3 is 0 Å². The van der Waals surface area contributed by atoms with Crippen molar-refractivity contribution in [1.29, 1.82) is 0 Å². The Hall–Kier alpha value is -2.07. The second-order valence-electron chi connectivity index (χ2n) is 7.43. The van der Waals surface area contributed by atoms with Gasteiger partial charge >= 0.3 is 5.84 Å². The van der Waals surface area contributed by atoms with Crippen molar-refractivity contribution in [2.24, 2.45) is 0 Å². The summed E-state index contributed by atoms with van der Waals surface area (Å²) < 4.78 is 2.14. The highest BCUT2D eigenvalue weighted by Gasteiger charge is 2.39. The van der Waals surface area contributed by atoms with E-state index in [1.54, 1.807) is 0 Å². The second kappa shape index (κ2) is 6.92. The van der Waals surface area contributed by atoms with E-state index in [4.69, 9.17) is 0 Å². The highest BCUT2D eigenvalue weighted by molar-refractivity contribution is 7.98. The molecular weight excluding hydrogens is 340 g/mol. The van der Waals surface area contributed by atoms with E-state index in [-0.39, 0.29) is 5.12 Å². The van der Waals surface area contributed by atoms with Gasteiger partial charge in [-0.3, -0.25) is 4.79 Å². The number of rotatable bonds is 3. The Kier molecular flexibility index (Phi) is 4.98. The highest BCUT2D eigenvalue weighted by Crippen LogP contribution is 2.32. The SMILES string of the molecule is Cc1cc(C)c(N2CC[N+](c3c(C)cc(C)cc3C)=C2C(=O)S)c(C)c1. The number of carbonyl (C=O) groups is 1. The van der Waals surface area contributed by atoms with Gasteiger partial charge in [-0.05, 0) is 63.8 Å². The standard InChI is InChI=1S/C22H26N2OS/c1-13-9-15(3)19(16(4)10-13)23-7-8-24(21(23)22(25)26)20-17(5)11-14(2)12-18(20)6/h9-12H,7-8H2,1-6H3/p+1. The summed E-state index contributed by atoms with van der Waals surface area (Å²) in [7, 11) is 0. The number of amidine groups is 1. The predicted octanol–water partition coefficient (Wildman–Crippen LogP) is 4.56. The molecule has 3 rings (SSSR count). The molecule has 4 heteroatoms. The molecule has 2 aromatic carbocycles. The van der Waals surface area contributed by atoms with Crippen LogP contribution < -0.4 is 4.90 Å². The number of nitrogens with zero attached hydrogens (tertiary/aromatic N) is 2. The molecule has 0 bridgehead atoms. The summed E-state index contributed by atoms with van der Waals surface area (Å²) in [6.45, 7) is 14.2. The molecule has 0 N–H and O–H groups in total. The Balaban J connectivity index is 2.23. The maximum atomic E-state index is 12.5. The lowest BCUT2D eigenvalue weighted by Crippen LogP contribution is -2.34. The van der Waals surface area contributed by atoms with Crippen LogP contribution in [0.4, 0.5) is 11.4 Å². The van der Waals surface area contributed by atoms with E-state index in [0.29, 0.717) is 5.84 Å². The molecule has 0 spiro atoms. The molecule has 136 valence electrons. The maximum absolute atomic E-state index is 12.5. The third kappa shape index (κ3) is 3.18. The van der Waals surface area contributed by atoms with Crippen LogP contribution in [0.1, 0.15) is 33.4 Å². The fraction of sp³-hybridized carbons (Fsp3) is 0.364. The van der Waals surface area contributed by atoms with Crippen molar-refractivity contribution >= 4 is 35.0 Å². The van der Waals surface area contributed by atoms with Gasteiger partial charge in [0.05, 0.1) is 0 Å². The van der Waals surface area contributed by atoms with Crippen molar-refractivity contribution in [3.63, 3.8) is 0 Å². The molecule has 1 aliphatic heterocycles. The molecule has 26 heavy (non-hydrogen) atoms. The van der Waals surface area contributed by atoms with Gasteiger partial charge in [0.1, 0.15) is 24.5 Å². The van der Waals surface area contributed by atoms with Gasteiger partial charge in [-0.25, -0.2) is 9.48 Å². The van der Waals surface area contributed by atoms with Gasteiger partial charge in [-0.2, -0.15) is 0 Å². The lowest BCUT2D eigenvalue weighted by molar-refractivity contribution is -0.428. The molecule has 0 amide bonds. The number of benzene rings is 2. The summed E-state index contributed by atoms with van der Waals surface area (Å²) in [5.74, 6) is 0.651. The number of hydrogen-bond donors (Lipinski definition) is 1. The Morgan fingerprint density at radius 3 is 1.81 bits per heavy atom. The van der Waals surface area contributed by atoms with Crippen LogP contribution in [0.25, 0.3) is 0 Å². The number of hydrogen-bond acceptors (Lipinski definition) is 2. The third-order valence-corrected chi connectivity index (χ3v) is 5.26. The minimum absolute atomic E-state index is 0.193. The zero-order valence-electron chi connectivity index (χ0n) is 16.5. The number of carbonyl (C=O) groups excluding carboxylic acids is 1. The van der Waals surface area contributed by atoms with Crippen molar-refractivity contribution in [2.45, 2.75) is 41.5 Å². The number of anilines is 1. The Morgan fingerprint density at radius 1 is 0.885 bits per heavy atom. The Morgan fingerprint density at radius 2 is 1.35 bits per heavy atom. The van der Waals surface area contributed by atoms with Gasteiger partial charge in [-0.15, -0.1) is 0 Å². The molecule has 2 aromatic rings. The molecular formula is C22H27N2OS+. The van der Waals surface area contributed by atoms with Crippen LogP contribution in [-0.4, -0.2) is 28.6 Å². The lowest BCUT2D eigenvalue weighted by atomic mass is 10.0. The van der Waals surface area contributed by atoms with Gasteiger partial charge in [0.15, 0.2) is 0 Å². The van der Waals surface area contributed by atoms with Crippen LogP contribution in [0.2, 0.25) is 0 Å². The number of aryl methyl sites for hydroxylation is 6. The van der Waals surface area contributed by atoms with Gasteiger partial charge in [0.25, 0.3) is 5.12 Å². The van der Waals surface area contributed by atoms with E-state index in [9.17, 15) is 4.79 Å². The van der Waals surface area contributed by atoms with Crippen LogP contribution in [0.15, 0.2) is 24.3 Å². The summed E-state index contributed by atoms with van der Waals surface area (Å²) in [6, 6.07) is 8.70. The largest absolute Gasteiger partial charge is 0.337 e. The lowest BCUT2D eigenvalue weighted by Gasteiger charge is -2.17. The molecule has 0 aliphatic carbocycles. The molecule has 0 radical (unpaired) electrons. The van der Waals surface area contributed by atoms with Gasteiger partial charge in [0.2, 0.25) is 0 Å². The Bertz CT molecular complexity index is 897. The quantitative estimate of drug-likeness (QED) is 0.635. The van der Waals surface area contributed by atoms with E-state index >= 15 is 0 Å². The molecule has 0 aromatic heterocycles. The van der Waals surface area contributed by atoms with Crippen LogP contribution in [0.5, 0.6) is 0 Å². The topological polar surface area (TPSA) is 23.3 Å². The van der Waals surface area contributed by atoms with Crippen LogP contribution in [-0.2, 0) is 4.79 Å². The van der Waals surface area contributed by atoms with Crippen molar-refractivity contribution in [2.75, 3.05) is 18.0 Å². The molecule has 0 saturated carbocycles. The molecule has 3 nitrogen and oxygen atoms in total. The average Bonchev–Trinajstić information content (AvgIpc) is 2.89. The van der Waals surface area contributed by atoms with Crippen LogP contribution in [0, 0.1) is 41.5 Å². The maximum Gasteiger partial charge on any atom is 0.337 e. The van der Waals surface area contributed by atoms with Crippen LogP contribution in [0.3, 0.4) is 0 Å². The summed E-state index contributed by atoms with van der Waals surface area (Å²) in [5, 5.41) is -0.193. The minimum Gasteiger partial charge on any atom is -0.273 e. The van der Waals surface area contributed by atoms with Crippen LogP contribution >= 0.6 is 12.6 Å². The van der Waals surface area contributed by atoms with Gasteiger partial charge in [-0.1, -0.05) is 48.0 Å². The first-order valence-electron chi connectivity index (χ1n) is 9.01. The van der Waals surface area contributed by atoms with E-state index in [1.165, 1.54) is 33.4 Å². The molecule has 1 heterocycles. The molecule has 1 aliphatic rings. The zero-order chi connectivity index (χ0) is 19.2.